The standard InChI is InChI=1S/ClH3NPS/c1-2-3-4/h3H2,(H,2,4). The van der Waals surface area contributed by atoms with Gasteiger partial charge in [0.15, 0.2) is 0 Å². The van der Waals surface area contributed by atoms with Crippen molar-refractivity contribution in [3.05, 3.63) is 0 Å². The minimum Gasteiger partial charge on any atom is -0.208 e. The SMILES string of the molecule is S=[PH2]NCl. The molecule has 0 fully saturated rings. The molecule has 1 atom stereocenters. The second-order valence-electron chi connectivity index (χ2n) is 0.227. The highest BCUT2D eigenvalue weighted by Gasteiger charge is 1.42. The molecule has 0 spiro atoms. The summed E-state index contributed by atoms with van der Waals surface area (Å²) in [5.74, 6) is 0. The molecule has 0 radical (unpaired) electrons. The van der Waals surface area contributed by atoms with E-state index in [1.165, 1.54) is 0 Å². The summed E-state index contributed by atoms with van der Waals surface area (Å²) < 4.78 is 2.30. The molecule has 0 amide bonds. The van der Waals surface area contributed by atoms with Crippen molar-refractivity contribution in [2.45, 2.75) is 0 Å². The molecular formula is H3ClNPS. The van der Waals surface area contributed by atoms with E-state index in [1.54, 1.807) is 0 Å². The van der Waals surface area contributed by atoms with Crippen LogP contribution >= 0.6 is 19.3 Å². The summed E-state index contributed by atoms with van der Waals surface area (Å²) >= 11 is 9.26. The summed E-state index contributed by atoms with van der Waals surface area (Å²) in [6.45, 7) is 0. The zero-order valence-electron chi connectivity index (χ0n) is 1.86. The third kappa shape index (κ3) is 2.90. The van der Waals surface area contributed by atoms with Gasteiger partial charge >= 0.3 is 0 Å². The number of halogens is 1. The Morgan fingerprint density at radius 1 is 2.00 bits per heavy atom. The topological polar surface area (TPSA) is 12.0 Å². The molecule has 0 aliphatic carbocycles. The molecule has 0 saturated heterocycles. The Balaban J connectivity index is 2.30. The second-order valence-corrected chi connectivity index (χ2v) is 2.04. The van der Waals surface area contributed by atoms with Gasteiger partial charge in [-0.2, -0.15) is 0 Å². The Labute approximate surface area is 36.3 Å². The molecular weight excluding hydrogens is 113 g/mol. The molecule has 0 rings (SSSR count). The maximum atomic E-state index is 4.87. The van der Waals surface area contributed by atoms with E-state index >= 15 is 0 Å². The highest BCUT2D eigenvalue weighted by molar-refractivity contribution is 7.96. The average Bonchev–Trinajstić information content (AvgIpc) is 1.37. The van der Waals surface area contributed by atoms with E-state index in [2.05, 4.69) is 16.4 Å². The molecule has 4 heteroatoms. The highest BCUT2D eigenvalue weighted by Crippen LogP contribution is 1.78. The summed E-state index contributed by atoms with van der Waals surface area (Å²) in [5.41, 5.74) is 0. The van der Waals surface area contributed by atoms with Crippen molar-refractivity contribution < 1.29 is 0 Å². The minimum atomic E-state index is -0.119. The van der Waals surface area contributed by atoms with Gasteiger partial charge in [0.25, 0.3) is 0 Å². The van der Waals surface area contributed by atoms with Crippen LogP contribution in [0.15, 0.2) is 0 Å². The lowest BCUT2D eigenvalue weighted by Crippen LogP contribution is -1.61. The molecule has 0 aliphatic rings. The molecule has 0 heterocycles. The largest absolute Gasteiger partial charge is 0.208 e. The lowest BCUT2D eigenvalue weighted by atomic mass is 13.9. The van der Waals surface area contributed by atoms with Crippen LogP contribution in [0.2, 0.25) is 0 Å². The molecule has 1 N–H and O–H groups in total. The first-order chi connectivity index (χ1) is 1.91. The van der Waals surface area contributed by atoms with Crippen LogP contribution in [0.25, 0.3) is 0 Å². The van der Waals surface area contributed by atoms with Crippen LogP contribution in [0.3, 0.4) is 0 Å². The maximum absolute atomic E-state index is 4.87. The Kier molecular flexibility index (Phi) is 4.78. The van der Waals surface area contributed by atoms with Crippen LogP contribution in [0.4, 0.5) is 0 Å². The Bertz CT molecular complexity index is 22.0. The van der Waals surface area contributed by atoms with E-state index in [0.29, 0.717) is 0 Å². The maximum Gasteiger partial charge on any atom is 0.00275 e. The average molecular weight is 116 g/mol. The van der Waals surface area contributed by atoms with E-state index in [0.717, 1.165) is 0 Å². The van der Waals surface area contributed by atoms with Crippen molar-refractivity contribution in [3.63, 3.8) is 0 Å². The van der Waals surface area contributed by atoms with Crippen molar-refractivity contribution in [1.82, 2.24) is 4.61 Å². The number of hydrogen-bond acceptors (Lipinski definition) is 1. The summed E-state index contributed by atoms with van der Waals surface area (Å²) in [6, 6.07) is 0. The second kappa shape index (κ2) is 3.90. The van der Waals surface area contributed by atoms with Gasteiger partial charge in [0.2, 0.25) is 0 Å². The molecule has 0 aromatic heterocycles. The zero-order chi connectivity index (χ0) is 3.41. The Morgan fingerprint density at radius 3 is 2.25 bits per heavy atom. The number of hydrogen-bond donors (Lipinski definition) is 1. The molecule has 26 valence electrons. The monoisotopic (exact) mass is 115 g/mol. The smallest absolute Gasteiger partial charge is 0.00275 e. The molecule has 4 heavy (non-hydrogen) atoms. The van der Waals surface area contributed by atoms with Gasteiger partial charge in [-0.25, -0.2) is 4.61 Å². The van der Waals surface area contributed by atoms with E-state index < -0.39 is 0 Å². The quantitative estimate of drug-likeness (QED) is 0.395. The summed E-state index contributed by atoms with van der Waals surface area (Å²) in [6.07, 6.45) is 0. The molecule has 0 aromatic carbocycles. The predicted octanol–water partition coefficient (Wildman–Crippen LogP) is 0.517. The van der Waals surface area contributed by atoms with Gasteiger partial charge in [-0.1, -0.05) is 11.8 Å². The minimum absolute atomic E-state index is 0.119. The van der Waals surface area contributed by atoms with Gasteiger partial charge < -0.3 is 0 Å². The Morgan fingerprint density at radius 2 is 2.25 bits per heavy atom. The fourth-order valence-electron chi connectivity index (χ4n) is 0. The first-order valence-corrected chi connectivity index (χ1v) is 3.55. The zero-order valence-corrected chi connectivity index (χ0v) is 4.59. The summed E-state index contributed by atoms with van der Waals surface area (Å²) in [7, 11) is -0.119. The van der Waals surface area contributed by atoms with Crippen molar-refractivity contribution >= 4 is 31.1 Å². The van der Waals surface area contributed by atoms with Crippen molar-refractivity contribution in [3.8, 4) is 0 Å². The third-order valence-electron chi connectivity index (χ3n) is 0.0445. The lowest BCUT2D eigenvalue weighted by Gasteiger charge is -1.61. The van der Waals surface area contributed by atoms with E-state index in [-0.39, 0.29) is 7.51 Å². The summed E-state index contributed by atoms with van der Waals surface area (Å²) in [5, 5.41) is 0. The van der Waals surface area contributed by atoms with Crippen LogP contribution in [-0.4, -0.2) is 0 Å². The molecule has 1 nitrogen and oxygen atoms in total. The molecule has 0 aliphatic heterocycles. The summed E-state index contributed by atoms with van der Waals surface area (Å²) in [4.78, 5) is 0. The highest BCUT2D eigenvalue weighted by atomic mass is 35.5. The van der Waals surface area contributed by atoms with E-state index in [4.69, 9.17) is 11.8 Å². The molecule has 0 bridgehead atoms. The van der Waals surface area contributed by atoms with Crippen LogP contribution in [-0.2, 0) is 11.8 Å². The van der Waals surface area contributed by atoms with Crippen molar-refractivity contribution in [1.29, 1.82) is 0 Å². The van der Waals surface area contributed by atoms with Gasteiger partial charge in [-0.3, -0.25) is 0 Å². The normalized spacial score (nSPS) is 10.2. The molecule has 1 unspecified atom stereocenters. The van der Waals surface area contributed by atoms with Crippen molar-refractivity contribution in [2.75, 3.05) is 0 Å². The lowest BCUT2D eigenvalue weighted by molar-refractivity contribution is 1.73. The van der Waals surface area contributed by atoms with E-state index in [1.807, 2.05) is 0 Å². The first-order valence-electron chi connectivity index (χ1n) is 0.713. The molecule has 0 aromatic rings. The van der Waals surface area contributed by atoms with Crippen molar-refractivity contribution in [2.24, 2.45) is 0 Å². The number of nitrogens with one attached hydrogen (secondary N) is 1. The van der Waals surface area contributed by atoms with Crippen LogP contribution in [0.1, 0.15) is 0 Å². The third-order valence-corrected chi connectivity index (χ3v) is 1.20. The predicted molar refractivity (Wildman–Crippen MR) is 26.1 cm³/mol. The number of rotatable bonds is 1. The Hall–Kier alpha value is 0.900. The molecule has 0 saturated carbocycles. The van der Waals surface area contributed by atoms with Gasteiger partial charge in [0.05, 0.1) is 0 Å². The van der Waals surface area contributed by atoms with Crippen LogP contribution < -0.4 is 4.61 Å². The van der Waals surface area contributed by atoms with Crippen LogP contribution in [0, 0.1) is 0 Å². The van der Waals surface area contributed by atoms with Gasteiger partial charge in [-0.05, 0) is 11.8 Å². The van der Waals surface area contributed by atoms with E-state index in [9.17, 15) is 0 Å². The fourth-order valence-corrected chi connectivity index (χ4v) is 0. The van der Waals surface area contributed by atoms with Gasteiger partial charge in [-0.15, -0.1) is 0 Å². The van der Waals surface area contributed by atoms with Crippen LogP contribution in [0.5, 0.6) is 0 Å². The first kappa shape index (κ1) is 4.90. The van der Waals surface area contributed by atoms with Gasteiger partial charge in [0, 0.05) is 7.51 Å². The van der Waals surface area contributed by atoms with Gasteiger partial charge in [0.1, 0.15) is 0 Å². The fraction of sp³-hybridized carbons (Fsp3) is 0.